The standard InChI is InChI=1S/C10H19N3O2S/c1-7(2)13-10(11)5-9(12-13)6-16(14,15)8(3)4/h5,7-8H,6,11H2,1-4H3. The zero-order valence-electron chi connectivity index (χ0n) is 10.1. The van der Waals surface area contributed by atoms with Gasteiger partial charge >= 0.3 is 0 Å². The van der Waals surface area contributed by atoms with Crippen LogP contribution in [0.25, 0.3) is 0 Å². The SMILES string of the molecule is CC(C)n1nc(CS(=O)(=O)C(C)C)cc1N. The van der Waals surface area contributed by atoms with Gasteiger partial charge in [-0.1, -0.05) is 0 Å². The summed E-state index contributed by atoms with van der Waals surface area (Å²) in [5.41, 5.74) is 6.26. The van der Waals surface area contributed by atoms with Gasteiger partial charge < -0.3 is 5.73 Å². The Balaban J connectivity index is 2.96. The third-order valence-corrected chi connectivity index (χ3v) is 4.51. The van der Waals surface area contributed by atoms with Gasteiger partial charge in [0.1, 0.15) is 5.82 Å². The van der Waals surface area contributed by atoms with E-state index in [2.05, 4.69) is 5.10 Å². The first-order chi connectivity index (χ1) is 7.24. The van der Waals surface area contributed by atoms with E-state index in [-0.39, 0.29) is 11.8 Å². The van der Waals surface area contributed by atoms with E-state index < -0.39 is 15.1 Å². The topological polar surface area (TPSA) is 78.0 Å². The summed E-state index contributed by atoms with van der Waals surface area (Å²) in [5, 5.41) is 3.80. The number of nitrogens with two attached hydrogens (primary N) is 1. The maximum atomic E-state index is 11.7. The Bertz CT molecular complexity index is 460. The van der Waals surface area contributed by atoms with E-state index in [0.29, 0.717) is 11.5 Å². The summed E-state index contributed by atoms with van der Waals surface area (Å²) < 4.78 is 25.0. The zero-order valence-corrected chi connectivity index (χ0v) is 11.0. The Kier molecular flexibility index (Phi) is 3.62. The third kappa shape index (κ3) is 2.75. The van der Waals surface area contributed by atoms with Crippen molar-refractivity contribution in [2.24, 2.45) is 0 Å². The molecule has 16 heavy (non-hydrogen) atoms. The van der Waals surface area contributed by atoms with Crippen LogP contribution in [0, 0.1) is 0 Å². The second-order valence-electron chi connectivity index (χ2n) is 4.45. The molecule has 0 unspecified atom stereocenters. The van der Waals surface area contributed by atoms with Gasteiger partial charge in [-0.25, -0.2) is 13.1 Å². The monoisotopic (exact) mass is 245 g/mol. The highest BCUT2D eigenvalue weighted by Crippen LogP contribution is 2.16. The summed E-state index contributed by atoms with van der Waals surface area (Å²) in [6.45, 7) is 7.23. The van der Waals surface area contributed by atoms with E-state index in [4.69, 9.17) is 5.73 Å². The molecule has 92 valence electrons. The average Bonchev–Trinajstić information content (AvgIpc) is 2.45. The van der Waals surface area contributed by atoms with Gasteiger partial charge in [0.15, 0.2) is 9.84 Å². The Morgan fingerprint density at radius 3 is 2.31 bits per heavy atom. The van der Waals surface area contributed by atoms with Crippen LogP contribution in [0.15, 0.2) is 6.07 Å². The lowest BCUT2D eigenvalue weighted by molar-refractivity contribution is 0.534. The second-order valence-corrected chi connectivity index (χ2v) is 7.01. The van der Waals surface area contributed by atoms with Crippen LogP contribution in [0.2, 0.25) is 0 Å². The minimum absolute atomic E-state index is 0.0470. The number of hydrogen-bond acceptors (Lipinski definition) is 4. The van der Waals surface area contributed by atoms with Gasteiger partial charge in [-0.2, -0.15) is 5.10 Å². The molecule has 1 aromatic rings. The molecule has 0 amide bonds. The number of nitrogen functional groups attached to an aromatic ring is 1. The van der Waals surface area contributed by atoms with Gasteiger partial charge in [-0.3, -0.25) is 0 Å². The van der Waals surface area contributed by atoms with Crippen molar-refractivity contribution in [3.63, 3.8) is 0 Å². The van der Waals surface area contributed by atoms with E-state index in [1.54, 1.807) is 24.6 Å². The smallest absolute Gasteiger partial charge is 0.158 e. The fourth-order valence-electron chi connectivity index (χ4n) is 1.32. The van der Waals surface area contributed by atoms with Crippen LogP contribution in [0.3, 0.4) is 0 Å². The van der Waals surface area contributed by atoms with Crippen LogP contribution in [0.1, 0.15) is 39.4 Å². The van der Waals surface area contributed by atoms with Gasteiger partial charge in [-0.05, 0) is 27.7 Å². The number of hydrogen-bond donors (Lipinski definition) is 1. The molecule has 0 fully saturated rings. The van der Waals surface area contributed by atoms with Crippen LogP contribution in [0.4, 0.5) is 5.82 Å². The third-order valence-electron chi connectivity index (χ3n) is 2.37. The second kappa shape index (κ2) is 4.45. The quantitative estimate of drug-likeness (QED) is 0.869. The number of nitrogens with zero attached hydrogens (tertiary/aromatic N) is 2. The molecular formula is C10H19N3O2S. The molecule has 6 heteroatoms. The van der Waals surface area contributed by atoms with Crippen molar-refractivity contribution in [2.45, 2.75) is 44.7 Å². The minimum Gasteiger partial charge on any atom is -0.384 e. The Labute approximate surface area is 96.6 Å². The molecule has 2 N–H and O–H groups in total. The molecule has 1 rings (SSSR count). The molecule has 0 aliphatic carbocycles. The van der Waals surface area contributed by atoms with Crippen molar-refractivity contribution in [3.05, 3.63) is 11.8 Å². The lowest BCUT2D eigenvalue weighted by atomic mass is 10.4. The summed E-state index contributed by atoms with van der Waals surface area (Å²) >= 11 is 0. The molecule has 0 aromatic carbocycles. The summed E-state index contributed by atoms with van der Waals surface area (Å²) in [6, 6.07) is 1.76. The zero-order chi connectivity index (χ0) is 12.5. The first-order valence-electron chi connectivity index (χ1n) is 5.29. The number of rotatable bonds is 4. The van der Waals surface area contributed by atoms with Crippen molar-refractivity contribution in [2.75, 3.05) is 5.73 Å². The van der Waals surface area contributed by atoms with Crippen molar-refractivity contribution in [1.29, 1.82) is 0 Å². The van der Waals surface area contributed by atoms with Gasteiger partial charge in [0.25, 0.3) is 0 Å². The Hall–Kier alpha value is -1.04. The highest BCUT2D eigenvalue weighted by molar-refractivity contribution is 7.91. The van der Waals surface area contributed by atoms with Gasteiger partial charge in [0, 0.05) is 12.1 Å². The lowest BCUT2D eigenvalue weighted by Gasteiger charge is -2.07. The Morgan fingerprint density at radius 1 is 1.38 bits per heavy atom. The summed E-state index contributed by atoms with van der Waals surface area (Å²) in [5.74, 6) is 0.457. The molecule has 0 spiro atoms. The summed E-state index contributed by atoms with van der Waals surface area (Å²) in [4.78, 5) is 0. The average molecular weight is 245 g/mol. The van der Waals surface area contributed by atoms with Crippen molar-refractivity contribution in [3.8, 4) is 0 Å². The van der Waals surface area contributed by atoms with Crippen LogP contribution in [0.5, 0.6) is 0 Å². The molecule has 0 aliphatic heterocycles. The van der Waals surface area contributed by atoms with Gasteiger partial charge in [0.2, 0.25) is 0 Å². The van der Waals surface area contributed by atoms with Crippen molar-refractivity contribution < 1.29 is 8.42 Å². The predicted molar refractivity (Wildman–Crippen MR) is 64.8 cm³/mol. The molecule has 1 aromatic heterocycles. The summed E-state index contributed by atoms with van der Waals surface area (Å²) in [6.07, 6.45) is 0. The molecule has 0 saturated heterocycles. The molecule has 0 bridgehead atoms. The number of aromatic nitrogens is 2. The highest BCUT2D eigenvalue weighted by Gasteiger charge is 2.19. The molecule has 5 nitrogen and oxygen atoms in total. The van der Waals surface area contributed by atoms with Crippen molar-refractivity contribution in [1.82, 2.24) is 9.78 Å². The number of sulfone groups is 1. The number of anilines is 1. The van der Waals surface area contributed by atoms with Crippen LogP contribution >= 0.6 is 0 Å². The minimum atomic E-state index is -3.11. The maximum absolute atomic E-state index is 11.7. The van der Waals surface area contributed by atoms with E-state index in [1.807, 2.05) is 13.8 Å². The molecule has 0 radical (unpaired) electrons. The van der Waals surface area contributed by atoms with E-state index in [0.717, 1.165) is 0 Å². The first-order valence-corrected chi connectivity index (χ1v) is 7.01. The van der Waals surface area contributed by atoms with Gasteiger partial charge in [-0.15, -0.1) is 0 Å². The van der Waals surface area contributed by atoms with Crippen LogP contribution < -0.4 is 5.73 Å². The van der Waals surface area contributed by atoms with E-state index >= 15 is 0 Å². The Morgan fingerprint density at radius 2 is 1.94 bits per heavy atom. The molecular weight excluding hydrogens is 226 g/mol. The highest BCUT2D eigenvalue weighted by atomic mass is 32.2. The molecule has 0 aliphatic rings. The normalized spacial score (nSPS) is 12.6. The van der Waals surface area contributed by atoms with E-state index in [9.17, 15) is 8.42 Å². The molecule has 0 atom stereocenters. The molecule has 1 heterocycles. The first kappa shape index (κ1) is 13.0. The fourth-order valence-corrected chi connectivity index (χ4v) is 2.21. The maximum Gasteiger partial charge on any atom is 0.158 e. The van der Waals surface area contributed by atoms with Crippen LogP contribution in [-0.2, 0) is 15.6 Å². The molecule has 0 saturated carbocycles. The summed E-state index contributed by atoms with van der Waals surface area (Å²) in [7, 11) is -3.11. The lowest BCUT2D eigenvalue weighted by Crippen LogP contribution is -2.16. The van der Waals surface area contributed by atoms with E-state index in [1.165, 1.54) is 0 Å². The fraction of sp³-hybridized carbons (Fsp3) is 0.700. The van der Waals surface area contributed by atoms with Crippen molar-refractivity contribution >= 4 is 15.7 Å². The predicted octanol–water partition coefficient (Wildman–Crippen LogP) is 1.37. The van der Waals surface area contributed by atoms with Crippen LogP contribution in [-0.4, -0.2) is 23.4 Å². The van der Waals surface area contributed by atoms with Gasteiger partial charge in [0.05, 0.1) is 16.7 Å². The largest absolute Gasteiger partial charge is 0.384 e.